The molecule has 0 radical (unpaired) electrons. The van der Waals surface area contributed by atoms with E-state index in [0.717, 1.165) is 18.7 Å². The summed E-state index contributed by atoms with van der Waals surface area (Å²) in [7, 11) is 16.8. The summed E-state index contributed by atoms with van der Waals surface area (Å²) in [6, 6.07) is 15.3. The number of rotatable bonds is 4. The molecule has 0 saturated heterocycles. The third kappa shape index (κ3) is 2.96. The maximum absolute atomic E-state index is 6.77. The van der Waals surface area contributed by atoms with E-state index in [-0.39, 0.29) is 0 Å². The van der Waals surface area contributed by atoms with Gasteiger partial charge < -0.3 is 0 Å². The first-order chi connectivity index (χ1) is 9.11. The Hall–Kier alpha value is -0.581. The van der Waals surface area contributed by atoms with Crippen LogP contribution in [0.15, 0.2) is 48.5 Å². The Kier molecular flexibility index (Phi) is 4.87. The Morgan fingerprint density at radius 2 is 1.11 bits per heavy atom. The van der Waals surface area contributed by atoms with Gasteiger partial charge in [-0.25, -0.2) is 0 Å². The minimum atomic E-state index is -3.74. The molecule has 0 aliphatic heterocycles. The monoisotopic (exact) mass is 404 g/mol. The number of ether oxygens (including phenoxy) is 2. The van der Waals surface area contributed by atoms with E-state index in [2.05, 4.69) is 0 Å². The SMILES string of the molecule is COc1cccc[c]1[Sn]([Cl])([Cl])[c]1ccccc1OC. The summed E-state index contributed by atoms with van der Waals surface area (Å²) in [4.78, 5) is 0. The molecular weight excluding hydrogens is 390 g/mol. The van der Waals surface area contributed by atoms with Gasteiger partial charge in [-0.05, 0) is 0 Å². The standard InChI is InChI=1S/2C7H7O.2ClH.Sn/c2*1-8-7-5-3-2-4-6-7;;;/h2*2-5H,1H3;2*1H;/q;;;;+2/p-2. The molecule has 0 aliphatic rings. The molecule has 0 spiro atoms. The van der Waals surface area contributed by atoms with Crippen molar-refractivity contribution in [2.45, 2.75) is 0 Å². The molecule has 19 heavy (non-hydrogen) atoms. The van der Waals surface area contributed by atoms with Crippen LogP contribution < -0.4 is 16.6 Å². The maximum atomic E-state index is 6.77. The van der Waals surface area contributed by atoms with Crippen molar-refractivity contribution in [2.75, 3.05) is 14.2 Å². The van der Waals surface area contributed by atoms with Crippen LogP contribution in [-0.4, -0.2) is 30.3 Å². The normalized spacial score (nSPS) is 11.2. The Morgan fingerprint density at radius 1 is 0.737 bits per heavy atom. The van der Waals surface area contributed by atoms with Crippen LogP contribution in [0, 0.1) is 0 Å². The van der Waals surface area contributed by atoms with Gasteiger partial charge in [0.2, 0.25) is 0 Å². The molecule has 0 bridgehead atoms. The minimum absolute atomic E-state index is 0.731. The van der Waals surface area contributed by atoms with Crippen LogP contribution >= 0.6 is 17.8 Å². The summed E-state index contributed by atoms with van der Waals surface area (Å²) in [5.74, 6) is 1.46. The van der Waals surface area contributed by atoms with Gasteiger partial charge in [-0.15, -0.1) is 0 Å². The molecule has 0 atom stereocenters. The Bertz CT molecular complexity index is 523. The Morgan fingerprint density at radius 3 is 1.47 bits per heavy atom. The molecule has 2 rings (SSSR count). The summed E-state index contributed by atoms with van der Waals surface area (Å²) >= 11 is -3.74. The quantitative estimate of drug-likeness (QED) is 0.731. The van der Waals surface area contributed by atoms with Gasteiger partial charge in [-0.2, -0.15) is 0 Å². The fourth-order valence-electron chi connectivity index (χ4n) is 1.95. The second-order valence-corrected chi connectivity index (χ2v) is 19.2. The molecule has 0 aliphatic carbocycles. The first-order valence-electron chi connectivity index (χ1n) is 5.76. The molecule has 2 aromatic rings. The number of para-hydroxylation sites is 2. The summed E-state index contributed by atoms with van der Waals surface area (Å²) in [5, 5.41) is 0. The number of benzene rings is 2. The average molecular weight is 404 g/mol. The molecule has 100 valence electrons. The topological polar surface area (TPSA) is 18.5 Å². The summed E-state index contributed by atoms with van der Waals surface area (Å²) in [5.41, 5.74) is 0. The van der Waals surface area contributed by atoms with Gasteiger partial charge in [-0.3, -0.25) is 0 Å². The molecule has 2 nitrogen and oxygen atoms in total. The van der Waals surface area contributed by atoms with Gasteiger partial charge in [0.15, 0.2) is 0 Å². The van der Waals surface area contributed by atoms with Gasteiger partial charge in [0, 0.05) is 0 Å². The van der Waals surface area contributed by atoms with Crippen molar-refractivity contribution < 1.29 is 9.47 Å². The van der Waals surface area contributed by atoms with Gasteiger partial charge in [-0.1, -0.05) is 0 Å². The van der Waals surface area contributed by atoms with Crippen LogP contribution in [0.4, 0.5) is 0 Å². The van der Waals surface area contributed by atoms with E-state index < -0.39 is 16.1 Å². The van der Waals surface area contributed by atoms with Crippen molar-refractivity contribution >= 4 is 41.1 Å². The average Bonchev–Trinajstić information content (AvgIpc) is 2.47. The van der Waals surface area contributed by atoms with Crippen molar-refractivity contribution in [3.8, 4) is 11.5 Å². The molecule has 0 unspecified atom stereocenters. The van der Waals surface area contributed by atoms with Crippen LogP contribution in [-0.2, 0) is 0 Å². The second-order valence-electron chi connectivity index (χ2n) is 3.97. The molecule has 0 saturated carbocycles. The van der Waals surface area contributed by atoms with Gasteiger partial charge in [0.25, 0.3) is 0 Å². The zero-order valence-electron chi connectivity index (χ0n) is 10.7. The molecule has 0 heterocycles. The van der Waals surface area contributed by atoms with E-state index in [9.17, 15) is 0 Å². The van der Waals surface area contributed by atoms with Crippen LogP contribution in [0.25, 0.3) is 0 Å². The van der Waals surface area contributed by atoms with Crippen molar-refractivity contribution in [2.24, 2.45) is 0 Å². The van der Waals surface area contributed by atoms with E-state index in [0.29, 0.717) is 0 Å². The van der Waals surface area contributed by atoms with Gasteiger partial charge in [0.1, 0.15) is 0 Å². The summed E-state index contributed by atoms with van der Waals surface area (Å²) in [6.45, 7) is 0. The molecule has 0 fully saturated rings. The zero-order valence-corrected chi connectivity index (χ0v) is 15.1. The summed E-state index contributed by atoms with van der Waals surface area (Å²) < 4.78 is 12.5. The molecular formula is C14H14Cl2O2Sn. The summed E-state index contributed by atoms with van der Waals surface area (Å²) in [6.07, 6.45) is 0. The predicted molar refractivity (Wildman–Crippen MR) is 82.7 cm³/mol. The third-order valence-corrected chi connectivity index (χ3v) is 14.6. The molecule has 0 N–H and O–H groups in total. The predicted octanol–water partition coefficient (Wildman–Crippen LogP) is 2.74. The van der Waals surface area contributed by atoms with E-state index in [1.165, 1.54) is 0 Å². The van der Waals surface area contributed by atoms with Crippen LogP contribution in [0.2, 0.25) is 0 Å². The molecule has 2 aromatic carbocycles. The number of methoxy groups -OCH3 is 2. The van der Waals surface area contributed by atoms with Crippen LogP contribution in [0.1, 0.15) is 0 Å². The molecule has 0 amide bonds. The van der Waals surface area contributed by atoms with Crippen molar-refractivity contribution in [3.05, 3.63) is 48.5 Å². The van der Waals surface area contributed by atoms with Crippen LogP contribution in [0.5, 0.6) is 11.5 Å². The Labute approximate surface area is 124 Å². The van der Waals surface area contributed by atoms with E-state index >= 15 is 0 Å². The third-order valence-electron chi connectivity index (χ3n) is 2.89. The van der Waals surface area contributed by atoms with E-state index in [4.69, 9.17) is 27.3 Å². The Balaban J connectivity index is 2.58. The molecule has 5 heteroatoms. The second kappa shape index (κ2) is 6.25. The van der Waals surface area contributed by atoms with Gasteiger partial charge >= 0.3 is 125 Å². The van der Waals surface area contributed by atoms with Gasteiger partial charge in [0.05, 0.1) is 0 Å². The van der Waals surface area contributed by atoms with Crippen molar-refractivity contribution in [1.82, 2.24) is 0 Å². The van der Waals surface area contributed by atoms with Crippen molar-refractivity contribution in [3.63, 3.8) is 0 Å². The van der Waals surface area contributed by atoms with Crippen LogP contribution in [0.3, 0.4) is 0 Å². The fourth-order valence-corrected chi connectivity index (χ4v) is 11.5. The van der Waals surface area contributed by atoms with E-state index in [1.807, 2.05) is 48.5 Å². The first kappa shape index (κ1) is 14.8. The number of hydrogen-bond acceptors (Lipinski definition) is 2. The fraction of sp³-hybridized carbons (Fsp3) is 0.143. The number of halogens is 2. The zero-order chi connectivity index (χ0) is 13.9. The van der Waals surface area contributed by atoms with Crippen molar-refractivity contribution in [1.29, 1.82) is 0 Å². The number of hydrogen-bond donors (Lipinski definition) is 0. The molecule has 0 aromatic heterocycles. The first-order valence-corrected chi connectivity index (χ1v) is 15.8. The van der Waals surface area contributed by atoms with E-state index in [1.54, 1.807) is 14.2 Å².